The van der Waals surface area contributed by atoms with Crippen LogP contribution < -0.4 is 5.73 Å². The summed E-state index contributed by atoms with van der Waals surface area (Å²) in [4.78, 5) is 9.27. The van der Waals surface area contributed by atoms with Gasteiger partial charge in [-0.15, -0.1) is 0 Å². The molecule has 1 atom stereocenters. The van der Waals surface area contributed by atoms with E-state index in [2.05, 4.69) is 41.0 Å². The van der Waals surface area contributed by atoms with E-state index in [0.29, 0.717) is 12.6 Å². The average molecular weight is 248 g/mol. The molecule has 1 aliphatic heterocycles. The summed E-state index contributed by atoms with van der Waals surface area (Å²) in [5.41, 5.74) is 7.78. The molecule has 2 rings (SSSR count). The standard InChI is InChI=1S/C14H24N4/c1-17(11-14-4-3-7-18(14)2)10-13-6-5-12(8-15)9-16-13/h5-6,9,14H,3-4,7-8,10-11,15H2,1-2H3. The van der Waals surface area contributed by atoms with Crippen molar-refractivity contribution in [1.82, 2.24) is 14.8 Å². The van der Waals surface area contributed by atoms with Gasteiger partial charge in [-0.2, -0.15) is 0 Å². The molecular formula is C14H24N4. The third-order valence-corrected chi connectivity index (χ3v) is 3.75. The maximum absolute atomic E-state index is 5.57. The maximum Gasteiger partial charge on any atom is 0.0544 e. The fourth-order valence-corrected chi connectivity index (χ4v) is 2.58. The van der Waals surface area contributed by atoms with Crippen LogP contribution in [-0.2, 0) is 13.1 Å². The van der Waals surface area contributed by atoms with Crippen molar-refractivity contribution in [2.24, 2.45) is 5.73 Å². The Hall–Kier alpha value is -0.970. The van der Waals surface area contributed by atoms with Crippen molar-refractivity contribution >= 4 is 0 Å². The van der Waals surface area contributed by atoms with Crippen LogP contribution in [0.15, 0.2) is 18.3 Å². The van der Waals surface area contributed by atoms with E-state index in [1.54, 1.807) is 0 Å². The number of nitrogens with zero attached hydrogens (tertiary/aromatic N) is 3. The van der Waals surface area contributed by atoms with Gasteiger partial charge in [0.2, 0.25) is 0 Å². The fraction of sp³-hybridized carbons (Fsp3) is 0.643. The summed E-state index contributed by atoms with van der Waals surface area (Å²) in [6.45, 7) is 3.84. The normalized spacial score (nSPS) is 20.8. The average Bonchev–Trinajstić information content (AvgIpc) is 2.76. The van der Waals surface area contributed by atoms with Gasteiger partial charge in [-0.25, -0.2) is 0 Å². The van der Waals surface area contributed by atoms with Crippen LogP contribution in [0.5, 0.6) is 0 Å². The molecule has 1 saturated heterocycles. The predicted octanol–water partition coefficient (Wildman–Crippen LogP) is 1.07. The Morgan fingerprint density at radius 2 is 2.33 bits per heavy atom. The SMILES string of the molecule is CN(Cc1ccc(CN)cn1)CC1CCCN1C. The first-order valence-electron chi connectivity index (χ1n) is 6.71. The van der Waals surface area contributed by atoms with Crippen LogP contribution in [-0.4, -0.2) is 48.0 Å². The number of aromatic nitrogens is 1. The smallest absolute Gasteiger partial charge is 0.0544 e. The molecule has 0 aromatic carbocycles. The van der Waals surface area contributed by atoms with E-state index in [-0.39, 0.29) is 0 Å². The topological polar surface area (TPSA) is 45.4 Å². The first-order valence-corrected chi connectivity index (χ1v) is 6.71. The zero-order chi connectivity index (χ0) is 13.0. The molecular weight excluding hydrogens is 224 g/mol. The summed E-state index contributed by atoms with van der Waals surface area (Å²) < 4.78 is 0. The van der Waals surface area contributed by atoms with E-state index in [9.17, 15) is 0 Å². The third kappa shape index (κ3) is 3.51. The van der Waals surface area contributed by atoms with Gasteiger partial charge in [0.05, 0.1) is 5.69 Å². The Morgan fingerprint density at radius 1 is 1.50 bits per heavy atom. The van der Waals surface area contributed by atoms with Crippen molar-refractivity contribution in [3.8, 4) is 0 Å². The van der Waals surface area contributed by atoms with Crippen LogP contribution in [0.4, 0.5) is 0 Å². The molecule has 18 heavy (non-hydrogen) atoms. The second kappa shape index (κ2) is 6.27. The summed E-state index contributed by atoms with van der Waals surface area (Å²) in [5.74, 6) is 0. The van der Waals surface area contributed by atoms with Gasteiger partial charge < -0.3 is 10.6 Å². The van der Waals surface area contributed by atoms with Gasteiger partial charge >= 0.3 is 0 Å². The van der Waals surface area contributed by atoms with E-state index in [1.807, 2.05) is 6.20 Å². The monoisotopic (exact) mass is 248 g/mol. The van der Waals surface area contributed by atoms with Gasteiger partial charge in [0, 0.05) is 31.9 Å². The molecule has 1 aliphatic rings. The zero-order valence-corrected chi connectivity index (χ0v) is 11.5. The van der Waals surface area contributed by atoms with E-state index in [0.717, 1.165) is 24.3 Å². The Bertz CT molecular complexity index is 363. The maximum atomic E-state index is 5.57. The molecule has 100 valence electrons. The van der Waals surface area contributed by atoms with Gasteiger partial charge in [-0.05, 0) is 45.1 Å². The lowest BCUT2D eigenvalue weighted by atomic mass is 10.2. The van der Waals surface area contributed by atoms with E-state index < -0.39 is 0 Å². The Kier molecular flexibility index (Phi) is 4.69. The highest BCUT2D eigenvalue weighted by atomic mass is 15.2. The van der Waals surface area contributed by atoms with Crippen LogP contribution in [0.2, 0.25) is 0 Å². The second-order valence-corrected chi connectivity index (χ2v) is 5.34. The molecule has 2 heterocycles. The van der Waals surface area contributed by atoms with Crippen molar-refractivity contribution in [3.05, 3.63) is 29.6 Å². The number of pyridine rings is 1. The van der Waals surface area contributed by atoms with Gasteiger partial charge in [0.1, 0.15) is 0 Å². The van der Waals surface area contributed by atoms with E-state index in [1.165, 1.54) is 19.4 Å². The van der Waals surface area contributed by atoms with Gasteiger partial charge in [-0.3, -0.25) is 9.88 Å². The van der Waals surface area contributed by atoms with Crippen LogP contribution in [0.25, 0.3) is 0 Å². The molecule has 4 nitrogen and oxygen atoms in total. The molecule has 4 heteroatoms. The van der Waals surface area contributed by atoms with Crippen LogP contribution in [0, 0.1) is 0 Å². The molecule has 1 aromatic heterocycles. The summed E-state index contributed by atoms with van der Waals surface area (Å²) in [5, 5.41) is 0. The van der Waals surface area contributed by atoms with Gasteiger partial charge in [-0.1, -0.05) is 6.07 Å². The van der Waals surface area contributed by atoms with E-state index >= 15 is 0 Å². The molecule has 2 N–H and O–H groups in total. The van der Waals surface area contributed by atoms with Crippen molar-refractivity contribution in [3.63, 3.8) is 0 Å². The lowest BCUT2D eigenvalue weighted by Gasteiger charge is -2.25. The van der Waals surface area contributed by atoms with Crippen LogP contribution in [0.1, 0.15) is 24.1 Å². The van der Waals surface area contributed by atoms with Gasteiger partial charge in [0.15, 0.2) is 0 Å². The predicted molar refractivity (Wildman–Crippen MR) is 74.1 cm³/mol. The van der Waals surface area contributed by atoms with Crippen LogP contribution in [0.3, 0.4) is 0 Å². The molecule has 0 radical (unpaired) electrons. The zero-order valence-electron chi connectivity index (χ0n) is 11.5. The minimum absolute atomic E-state index is 0.565. The minimum Gasteiger partial charge on any atom is -0.326 e. The summed E-state index contributed by atoms with van der Waals surface area (Å²) in [7, 11) is 4.39. The Morgan fingerprint density at radius 3 is 2.89 bits per heavy atom. The quantitative estimate of drug-likeness (QED) is 0.846. The molecule has 1 unspecified atom stereocenters. The van der Waals surface area contributed by atoms with Crippen molar-refractivity contribution in [2.45, 2.75) is 32.0 Å². The minimum atomic E-state index is 0.565. The highest BCUT2D eigenvalue weighted by Crippen LogP contribution is 2.16. The summed E-state index contributed by atoms with van der Waals surface area (Å²) >= 11 is 0. The molecule has 0 bridgehead atoms. The highest BCUT2D eigenvalue weighted by Gasteiger charge is 2.21. The van der Waals surface area contributed by atoms with Crippen molar-refractivity contribution < 1.29 is 0 Å². The van der Waals surface area contributed by atoms with Crippen molar-refractivity contribution in [2.75, 3.05) is 27.2 Å². The van der Waals surface area contributed by atoms with E-state index in [4.69, 9.17) is 5.73 Å². The summed E-state index contributed by atoms with van der Waals surface area (Å²) in [6, 6.07) is 4.85. The van der Waals surface area contributed by atoms with Crippen molar-refractivity contribution in [1.29, 1.82) is 0 Å². The molecule has 0 spiro atoms. The largest absolute Gasteiger partial charge is 0.326 e. The second-order valence-electron chi connectivity index (χ2n) is 5.34. The van der Waals surface area contributed by atoms with Gasteiger partial charge in [0.25, 0.3) is 0 Å². The number of hydrogen-bond donors (Lipinski definition) is 1. The number of likely N-dealkylation sites (tertiary alicyclic amines) is 1. The lowest BCUT2D eigenvalue weighted by molar-refractivity contribution is 0.214. The first-order chi connectivity index (χ1) is 8.69. The Balaban J connectivity index is 1.84. The first kappa shape index (κ1) is 13.5. The Labute approximate surface area is 110 Å². The fourth-order valence-electron chi connectivity index (χ4n) is 2.58. The molecule has 0 amide bonds. The number of nitrogens with two attached hydrogens (primary N) is 1. The third-order valence-electron chi connectivity index (χ3n) is 3.75. The lowest BCUT2D eigenvalue weighted by Crippen LogP contribution is -2.36. The van der Waals surface area contributed by atoms with Crippen LogP contribution >= 0.6 is 0 Å². The number of hydrogen-bond acceptors (Lipinski definition) is 4. The molecule has 1 fully saturated rings. The highest BCUT2D eigenvalue weighted by molar-refractivity contribution is 5.13. The number of rotatable bonds is 5. The molecule has 1 aromatic rings. The molecule has 0 aliphatic carbocycles. The summed E-state index contributed by atoms with van der Waals surface area (Å²) in [6.07, 6.45) is 4.53. The number of likely N-dealkylation sites (N-methyl/N-ethyl adjacent to an activating group) is 2. The molecule has 0 saturated carbocycles.